The van der Waals surface area contributed by atoms with Crippen LogP contribution < -0.4 is 10.5 Å². The SMILES string of the molecule is CCCC1CCN(C(=O)C(Cc2cccc(C(=N)N)c2)CS(=O)(=O)c2cccc(-c3ccc(OC)cc3)c2)CC1. The summed E-state index contributed by atoms with van der Waals surface area (Å²) in [7, 11) is -2.19. The number of rotatable bonds is 11. The molecular weight excluding hydrogens is 522 g/mol. The van der Waals surface area contributed by atoms with E-state index in [9.17, 15) is 13.2 Å². The summed E-state index contributed by atoms with van der Waals surface area (Å²) >= 11 is 0. The third-order valence-electron chi connectivity index (χ3n) is 7.73. The fourth-order valence-corrected chi connectivity index (χ4v) is 7.07. The molecule has 8 heteroatoms. The highest BCUT2D eigenvalue weighted by Crippen LogP contribution is 2.28. The standard InChI is InChI=1S/C32H39N3O4S/c1-3-6-23-15-17-35(18-16-23)32(36)28(20-24-7-4-9-27(19-24)31(33)34)22-40(37,38)30-10-5-8-26(21-30)25-11-13-29(39-2)14-12-25/h4-5,7-14,19,21,23,28H,3,6,15-18,20,22H2,1-2H3,(H3,33,34). The van der Waals surface area contributed by atoms with Gasteiger partial charge in [-0.3, -0.25) is 10.2 Å². The van der Waals surface area contributed by atoms with Crippen LogP contribution in [0, 0.1) is 17.2 Å². The number of sulfone groups is 1. The van der Waals surface area contributed by atoms with Gasteiger partial charge in [0.05, 0.1) is 23.7 Å². The lowest BCUT2D eigenvalue weighted by atomic mass is 9.91. The first-order valence-corrected chi connectivity index (χ1v) is 15.5. The maximum Gasteiger partial charge on any atom is 0.227 e. The number of carbonyl (C=O) groups is 1. The summed E-state index contributed by atoms with van der Waals surface area (Å²) in [5.74, 6) is 0.103. The number of likely N-dealkylation sites (tertiary alicyclic amines) is 1. The Labute approximate surface area is 237 Å². The van der Waals surface area contributed by atoms with E-state index in [1.54, 1.807) is 43.5 Å². The molecular formula is C32H39N3O4S. The molecule has 1 atom stereocenters. The third-order valence-corrected chi connectivity index (χ3v) is 9.54. The predicted molar refractivity (Wildman–Crippen MR) is 159 cm³/mol. The maximum absolute atomic E-state index is 13.8. The van der Waals surface area contributed by atoms with E-state index in [1.165, 1.54) is 0 Å². The van der Waals surface area contributed by atoms with Gasteiger partial charge in [0.15, 0.2) is 9.84 Å². The summed E-state index contributed by atoms with van der Waals surface area (Å²) in [5.41, 5.74) is 8.68. The number of methoxy groups -OCH3 is 1. The van der Waals surface area contributed by atoms with E-state index in [2.05, 4.69) is 6.92 Å². The van der Waals surface area contributed by atoms with Gasteiger partial charge in [-0.25, -0.2) is 8.42 Å². The molecule has 0 aromatic heterocycles. The number of hydrogen-bond acceptors (Lipinski definition) is 5. The van der Waals surface area contributed by atoms with Gasteiger partial charge in [0.1, 0.15) is 11.6 Å². The molecule has 0 radical (unpaired) electrons. The number of amides is 1. The number of hydrogen-bond donors (Lipinski definition) is 2. The van der Waals surface area contributed by atoms with Gasteiger partial charge < -0.3 is 15.4 Å². The lowest BCUT2D eigenvalue weighted by Gasteiger charge is -2.34. The van der Waals surface area contributed by atoms with Crippen molar-refractivity contribution >= 4 is 21.6 Å². The van der Waals surface area contributed by atoms with Crippen molar-refractivity contribution in [2.75, 3.05) is 26.0 Å². The number of nitrogens with one attached hydrogen (secondary N) is 1. The van der Waals surface area contributed by atoms with E-state index < -0.39 is 15.8 Å². The van der Waals surface area contributed by atoms with Crippen LogP contribution in [0.5, 0.6) is 5.75 Å². The molecule has 3 N–H and O–H groups in total. The Morgan fingerprint density at radius 3 is 2.38 bits per heavy atom. The van der Waals surface area contributed by atoms with Crippen molar-refractivity contribution in [3.05, 3.63) is 83.9 Å². The minimum absolute atomic E-state index is 0.0642. The Bertz CT molecular complexity index is 1430. The van der Waals surface area contributed by atoms with Gasteiger partial charge in [0.25, 0.3) is 0 Å². The van der Waals surface area contributed by atoms with Gasteiger partial charge in [0, 0.05) is 18.7 Å². The van der Waals surface area contributed by atoms with E-state index in [1.807, 2.05) is 41.3 Å². The summed E-state index contributed by atoms with van der Waals surface area (Å²) in [4.78, 5) is 15.9. The normalized spacial score (nSPS) is 15.0. The van der Waals surface area contributed by atoms with E-state index in [0.717, 1.165) is 48.1 Å². The van der Waals surface area contributed by atoms with Gasteiger partial charge in [-0.2, -0.15) is 0 Å². The first kappa shape index (κ1) is 29.3. The van der Waals surface area contributed by atoms with Gasteiger partial charge in [-0.05, 0) is 72.2 Å². The summed E-state index contributed by atoms with van der Waals surface area (Å²) in [6.45, 7) is 3.48. The number of carbonyl (C=O) groups excluding carboxylic acids is 1. The molecule has 1 aliphatic heterocycles. The molecule has 0 spiro atoms. The molecule has 3 aromatic rings. The van der Waals surface area contributed by atoms with Crippen LogP contribution >= 0.6 is 0 Å². The molecule has 7 nitrogen and oxygen atoms in total. The second-order valence-corrected chi connectivity index (χ2v) is 12.6. The minimum Gasteiger partial charge on any atom is -0.497 e. The highest BCUT2D eigenvalue weighted by molar-refractivity contribution is 7.91. The summed E-state index contributed by atoms with van der Waals surface area (Å²) < 4.78 is 32.8. The van der Waals surface area contributed by atoms with Crippen molar-refractivity contribution in [3.63, 3.8) is 0 Å². The van der Waals surface area contributed by atoms with Crippen molar-refractivity contribution in [2.45, 2.75) is 43.9 Å². The van der Waals surface area contributed by atoms with Crippen molar-refractivity contribution in [3.8, 4) is 16.9 Å². The molecule has 0 bridgehead atoms. The van der Waals surface area contributed by atoms with E-state index in [-0.39, 0.29) is 28.8 Å². The van der Waals surface area contributed by atoms with Crippen LogP contribution in [0.2, 0.25) is 0 Å². The quantitative estimate of drug-likeness (QED) is 0.243. The van der Waals surface area contributed by atoms with Crippen LogP contribution in [0.1, 0.15) is 43.7 Å². The third kappa shape index (κ3) is 7.30. The highest BCUT2D eigenvalue weighted by atomic mass is 32.2. The Morgan fingerprint density at radius 1 is 1.02 bits per heavy atom. The molecule has 3 aromatic carbocycles. The number of nitrogens with zero attached hydrogens (tertiary/aromatic N) is 1. The molecule has 1 aliphatic rings. The Kier molecular flexibility index (Phi) is 9.63. The van der Waals surface area contributed by atoms with Crippen LogP contribution in [0.15, 0.2) is 77.7 Å². The number of piperidine rings is 1. The largest absolute Gasteiger partial charge is 0.497 e. The van der Waals surface area contributed by atoms with Crippen molar-refractivity contribution in [1.82, 2.24) is 4.90 Å². The molecule has 1 fully saturated rings. The Hall–Kier alpha value is -3.65. The van der Waals surface area contributed by atoms with Crippen LogP contribution in [0.4, 0.5) is 0 Å². The Balaban J connectivity index is 1.60. The number of benzene rings is 3. The molecule has 1 unspecified atom stereocenters. The first-order valence-electron chi connectivity index (χ1n) is 13.9. The minimum atomic E-state index is -3.79. The van der Waals surface area contributed by atoms with Crippen LogP contribution in [-0.4, -0.2) is 51.0 Å². The topological polar surface area (TPSA) is 114 Å². The van der Waals surface area contributed by atoms with Gasteiger partial charge in [0.2, 0.25) is 5.91 Å². The monoisotopic (exact) mass is 561 g/mol. The van der Waals surface area contributed by atoms with E-state index >= 15 is 0 Å². The number of nitrogens with two attached hydrogens (primary N) is 1. The molecule has 0 saturated carbocycles. The van der Waals surface area contributed by atoms with Crippen LogP contribution in [-0.2, 0) is 21.1 Å². The number of ether oxygens (including phenoxy) is 1. The van der Waals surface area contributed by atoms with Gasteiger partial charge in [-0.1, -0.05) is 62.2 Å². The fourth-order valence-electron chi connectivity index (χ4n) is 5.49. The summed E-state index contributed by atoms with van der Waals surface area (Å²) in [6.07, 6.45) is 4.43. The molecule has 1 heterocycles. The molecule has 4 rings (SSSR count). The molecule has 0 aliphatic carbocycles. The molecule has 1 amide bonds. The smallest absolute Gasteiger partial charge is 0.227 e. The van der Waals surface area contributed by atoms with E-state index in [4.69, 9.17) is 15.9 Å². The second kappa shape index (κ2) is 13.1. The van der Waals surface area contributed by atoms with Crippen LogP contribution in [0.3, 0.4) is 0 Å². The first-order chi connectivity index (χ1) is 19.2. The number of amidine groups is 1. The lowest BCUT2D eigenvalue weighted by Crippen LogP contribution is -2.44. The average Bonchev–Trinajstić information content (AvgIpc) is 2.97. The van der Waals surface area contributed by atoms with Crippen molar-refractivity contribution < 1.29 is 17.9 Å². The highest BCUT2D eigenvalue weighted by Gasteiger charge is 2.32. The summed E-state index contributed by atoms with van der Waals surface area (Å²) in [6, 6.07) is 21.5. The Morgan fingerprint density at radius 2 is 1.73 bits per heavy atom. The molecule has 1 saturated heterocycles. The number of nitrogen functional groups attached to an aromatic ring is 1. The average molecular weight is 562 g/mol. The fraction of sp³-hybridized carbons (Fsp3) is 0.375. The zero-order valence-electron chi connectivity index (χ0n) is 23.3. The molecule has 40 heavy (non-hydrogen) atoms. The van der Waals surface area contributed by atoms with Gasteiger partial charge >= 0.3 is 0 Å². The zero-order valence-corrected chi connectivity index (χ0v) is 24.1. The lowest BCUT2D eigenvalue weighted by molar-refractivity contribution is -0.136. The van der Waals surface area contributed by atoms with Crippen molar-refractivity contribution in [1.29, 1.82) is 5.41 Å². The van der Waals surface area contributed by atoms with E-state index in [0.29, 0.717) is 24.6 Å². The predicted octanol–water partition coefficient (Wildman–Crippen LogP) is 5.32. The second-order valence-electron chi connectivity index (χ2n) is 10.6. The van der Waals surface area contributed by atoms with Gasteiger partial charge in [-0.15, -0.1) is 0 Å². The zero-order chi connectivity index (χ0) is 28.7. The van der Waals surface area contributed by atoms with Crippen molar-refractivity contribution in [2.24, 2.45) is 17.6 Å². The molecule has 212 valence electrons. The maximum atomic E-state index is 13.8. The summed E-state index contributed by atoms with van der Waals surface area (Å²) in [5, 5.41) is 7.78. The van der Waals surface area contributed by atoms with Crippen LogP contribution in [0.25, 0.3) is 11.1 Å².